The van der Waals surface area contributed by atoms with Gasteiger partial charge in [-0.1, -0.05) is 5.16 Å². The predicted molar refractivity (Wildman–Crippen MR) is 98.9 cm³/mol. The van der Waals surface area contributed by atoms with Crippen LogP contribution in [0.4, 0.5) is 0 Å². The van der Waals surface area contributed by atoms with Gasteiger partial charge < -0.3 is 18.7 Å². The van der Waals surface area contributed by atoms with E-state index in [0.717, 1.165) is 19.5 Å². The number of piperazine rings is 1. The van der Waals surface area contributed by atoms with Gasteiger partial charge in [0.2, 0.25) is 5.76 Å². The quantitative estimate of drug-likeness (QED) is 0.788. The number of hydrogen-bond donors (Lipinski definition) is 0. The van der Waals surface area contributed by atoms with Crippen molar-refractivity contribution in [3.63, 3.8) is 0 Å². The SMILES string of the molecule is CC1CN(C(=O)c2cc(-c3ccco3)on2)CC(C)N1CCCN(C)C. The van der Waals surface area contributed by atoms with E-state index in [4.69, 9.17) is 8.94 Å². The summed E-state index contributed by atoms with van der Waals surface area (Å²) in [4.78, 5) is 19.4. The minimum atomic E-state index is -0.0850. The summed E-state index contributed by atoms with van der Waals surface area (Å²) >= 11 is 0. The normalized spacial score (nSPS) is 21.5. The molecule has 1 amide bonds. The van der Waals surface area contributed by atoms with E-state index in [1.165, 1.54) is 0 Å². The van der Waals surface area contributed by atoms with Crippen molar-refractivity contribution in [2.75, 3.05) is 40.3 Å². The summed E-state index contributed by atoms with van der Waals surface area (Å²) in [5, 5.41) is 3.94. The van der Waals surface area contributed by atoms with Crippen LogP contribution in [0.15, 0.2) is 33.4 Å². The van der Waals surface area contributed by atoms with E-state index in [2.05, 4.69) is 42.9 Å². The number of aromatic nitrogens is 1. The van der Waals surface area contributed by atoms with Crippen LogP contribution in [0.1, 0.15) is 30.8 Å². The summed E-state index contributed by atoms with van der Waals surface area (Å²) in [5.74, 6) is 0.962. The van der Waals surface area contributed by atoms with Crippen LogP contribution in [0, 0.1) is 0 Å². The van der Waals surface area contributed by atoms with Crippen molar-refractivity contribution in [3.8, 4) is 11.5 Å². The van der Waals surface area contributed by atoms with Gasteiger partial charge in [0.15, 0.2) is 11.5 Å². The third-order valence-corrected chi connectivity index (χ3v) is 4.90. The highest BCUT2D eigenvalue weighted by Crippen LogP contribution is 2.23. The molecular formula is C19H28N4O3. The Labute approximate surface area is 154 Å². The number of hydrogen-bond acceptors (Lipinski definition) is 6. The molecule has 2 aromatic heterocycles. The van der Waals surface area contributed by atoms with Gasteiger partial charge in [0.05, 0.1) is 6.26 Å². The summed E-state index contributed by atoms with van der Waals surface area (Å²) in [7, 11) is 4.19. The molecule has 0 N–H and O–H groups in total. The Balaban J connectivity index is 1.61. The fourth-order valence-electron chi connectivity index (χ4n) is 3.61. The van der Waals surface area contributed by atoms with E-state index in [0.29, 0.717) is 42.4 Å². The topological polar surface area (TPSA) is 66.0 Å². The third kappa shape index (κ3) is 4.16. The minimum Gasteiger partial charge on any atom is -0.461 e. The first-order chi connectivity index (χ1) is 12.5. The average molecular weight is 360 g/mol. The molecule has 7 heteroatoms. The molecule has 1 aliphatic heterocycles. The molecular weight excluding hydrogens is 332 g/mol. The van der Waals surface area contributed by atoms with Gasteiger partial charge in [-0.15, -0.1) is 0 Å². The zero-order valence-electron chi connectivity index (χ0n) is 16.0. The minimum absolute atomic E-state index is 0.0850. The maximum Gasteiger partial charge on any atom is 0.276 e. The second kappa shape index (κ2) is 8.05. The summed E-state index contributed by atoms with van der Waals surface area (Å²) in [6.45, 7) is 7.90. The molecule has 142 valence electrons. The number of nitrogens with zero attached hydrogens (tertiary/aromatic N) is 4. The first kappa shape index (κ1) is 18.7. The number of carbonyl (C=O) groups is 1. The standard InChI is InChI=1S/C19H28N4O3/c1-14-12-22(13-15(2)23(14)9-6-8-21(3)4)19(24)16-11-18(26-20-16)17-7-5-10-25-17/h5,7,10-11,14-15H,6,8-9,12-13H2,1-4H3. The fourth-order valence-corrected chi connectivity index (χ4v) is 3.61. The lowest BCUT2D eigenvalue weighted by Crippen LogP contribution is -2.58. The monoisotopic (exact) mass is 360 g/mol. The molecule has 26 heavy (non-hydrogen) atoms. The summed E-state index contributed by atoms with van der Waals surface area (Å²) < 4.78 is 10.6. The molecule has 0 spiro atoms. The smallest absolute Gasteiger partial charge is 0.276 e. The van der Waals surface area contributed by atoms with E-state index in [1.807, 2.05) is 4.90 Å². The molecule has 0 bridgehead atoms. The molecule has 1 saturated heterocycles. The Morgan fingerprint density at radius 3 is 2.62 bits per heavy atom. The van der Waals surface area contributed by atoms with Crippen molar-refractivity contribution < 1.29 is 13.7 Å². The highest BCUT2D eigenvalue weighted by molar-refractivity contribution is 5.93. The van der Waals surface area contributed by atoms with Gasteiger partial charge in [-0.25, -0.2) is 0 Å². The predicted octanol–water partition coefficient (Wildman–Crippen LogP) is 2.42. The molecule has 3 rings (SSSR count). The molecule has 0 aromatic carbocycles. The van der Waals surface area contributed by atoms with Crippen LogP contribution in [0.25, 0.3) is 11.5 Å². The third-order valence-electron chi connectivity index (χ3n) is 4.90. The molecule has 2 atom stereocenters. The second-order valence-electron chi connectivity index (χ2n) is 7.36. The van der Waals surface area contributed by atoms with E-state index < -0.39 is 0 Å². The molecule has 0 aliphatic carbocycles. The van der Waals surface area contributed by atoms with Crippen LogP contribution in [0.2, 0.25) is 0 Å². The van der Waals surface area contributed by atoms with Crippen molar-refractivity contribution in [1.29, 1.82) is 0 Å². The molecule has 0 saturated carbocycles. The van der Waals surface area contributed by atoms with Crippen LogP contribution in [0.3, 0.4) is 0 Å². The van der Waals surface area contributed by atoms with Gasteiger partial charge in [0.1, 0.15) is 0 Å². The number of rotatable bonds is 6. The largest absolute Gasteiger partial charge is 0.461 e. The lowest BCUT2D eigenvalue weighted by molar-refractivity contribution is 0.0288. The Hall–Kier alpha value is -2.12. The highest BCUT2D eigenvalue weighted by Gasteiger charge is 2.33. The zero-order valence-corrected chi connectivity index (χ0v) is 16.0. The van der Waals surface area contributed by atoms with E-state index >= 15 is 0 Å². The van der Waals surface area contributed by atoms with Crippen LogP contribution in [-0.2, 0) is 0 Å². The number of carbonyl (C=O) groups excluding carboxylic acids is 1. The lowest BCUT2D eigenvalue weighted by atomic mass is 10.1. The van der Waals surface area contributed by atoms with Crippen molar-refractivity contribution in [1.82, 2.24) is 19.9 Å². The summed E-state index contributed by atoms with van der Waals surface area (Å²) in [5.41, 5.74) is 0.330. The maximum absolute atomic E-state index is 12.8. The Morgan fingerprint density at radius 2 is 2.00 bits per heavy atom. The van der Waals surface area contributed by atoms with Gasteiger partial charge in [-0.3, -0.25) is 9.69 Å². The van der Waals surface area contributed by atoms with Gasteiger partial charge >= 0.3 is 0 Å². The van der Waals surface area contributed by atoms with E-state index in [1.54, 1.807) is 24.5 Å². The maximum atomic E-state index is 12.8. The van der Waals surface area contributed by atoms with Gasteiger partial charge in [-0.05, 0) is 53.0 Å². The zero-order chi connectivity index (χ0) is 18.7. The molecule has 7 nitrogen and oxygen atoms in total. The van der Waals surface area contributed by atoms with Crippen molar-refractivity contribution in [2.45, 2.75) is 32.4 Å². The molecule has 3 heterocycles. The van der Waals surface area contributed by atoms with Crippen molar-refractivity contribution >= 4 is 5.91 Å². The van der Waals surface area contributed by atoms with Crippen molar-refractivity contribution in [3.05, 3.63) is 30.2 Å². The molecule has 1 fully saturated rings. The van der Waals surface area contributed by atoms with Crippen molar-refractivity contribution in [2.24, 2.45) is 0 Å². The average Bonchev–Trinajstić information content (AvgIpc) is 3.27. The molecule has 2 unspecified atom stereocenters. The Bertz CT molecular complexity index is 698. The first-order valence-corrected chi connectivity index (χ1v) is 9.16. The van der Waals surface area contributed by atoms with Crippen LogP contribution < -0.4 is 0 Å². The van der Waals surface area contributed by atoms with Gasteiger partial charge in [0.25, 0.3) is 5.91 Å². The van der Waals surface area contributed by atoms with Gasteiger partial charge in [-0.2, -0.15) is 0 Å². The number of amides is 1. The molecule has 0 radical (unpaired) electrons. The highest BCUT2D eigenvalue weighted by atomic mass is 16.5. The Kier molecular flexibility index (Phi) is 5.78. The van der Waals surface area contributed by atoms with Crippen LogP contribution in [0.5, 0.6) is 0 Å². The van der Waals surface area contributed by atoms with E-state index in [9.17, 15) is 4.79 Å². The molecule has 1 aliphatic rings. The van der Waals surface area contributed by atoms with Crippen LogP contribution >= 0.6 is 0 Å². The van der Waals surface area contributed by atoms with Crippen LogP contribution in [-0.4, -0.2) is 78.1 Å². The lowest BCUT2D eigenvalue weighted by Gasteiger charge is -2.44. The Morgan fingerprint density at radius 1 is 1.27 bits per heavy atom. The second-order valence-corrected chi connectivity index (χ2v) is 7.36. The molecule has 2 aromatic rings. The number of furan rings is 1. The summed E-state index contributed by atoms with van der Waals surface area (Å²) in [6, 6.07) is 5.85. The summed E-state index contributed by atoms with van der Waals surface area (Å²) in [6.07, 6.45) is 2.70. The van der Waals surface area contributed by atoms with E-state index in [-0.39, 0.29) is 5.91 Å². The first-order valence-electron chi connectivity index (χ1n) is 9.16. The fraction of sp³-hybridized carbons (Fsp3) is 0.579. The van der Waals surface area contributed by atoms with Gasteiger partial charge in [0, 0.05) is 37.8 Å².